The number of aromatic nitrogens is 2. The number of rotatable bonds is 4. The maximum Gasteiger partial charge on any atom is 0.325 e. The Morgan fingerprint density at radius 3 is 2.44 bits per heavy atom. The molecule has 0 atom stereocenters. The van der Waals surface area contributed by atoms with Gasteiger partial charge >= 0.3 is 5.97 Å². The predicted molar refractivity (Wildman–Crippen MR) is 73.1 cm³/mol. The van der Waals surface area contributed by atoms with Gasteiger partial charge in [-0.1, -0.05) is 20.8 Å². The molecule has 1 aromatic heterocycles. The molecular formula is C12H21N3O2S. The van der Waals surface area contributed by atoms with Gasteiger partial charge in [0.25, 0.3) is 0 Å². The van der Waals surface area contributed by atoms with Crippen molar-refractivity contribution < 1.29 is 9.53 Å². The summed E-state index contributed by atoms with van der Waals surface area (Å²) in [7, 11) is 1.39. The highest BCUT2D eigenvalue weighted by molar-refractivity contribution is 7.09. The van der Waals surface area contributed by atoms with Crippen LogP contribution >= 0.6 is 11.5 Å². The van der Waals surface area contributed by atoms with Gasteiger partial charge < -0.3 is 9.64 Å². The molecule has 18 heavy (non-hydrogen) atoms. The van der Waals surface area contributed by atoms with Crippen molar-refractivity contribution in [3.63, 3.8) is 0 Å². The van der Waals surface area contributed by atoms with Crippen LogP contribution < -0.4 is 4.90 Å². The Balaban J connectivity index is 2.93. The second-order valence-corrected chi connectivity index (χ2v) is 6.18. The second-order valence-electron chi connectivity index (χ2n) is 5.45. The van der Waals surface area contributed by atoms with Gasteiger partial charge in [0, 0.05) is 23.0 Å². The Hall–Kier alpha value is -1.17. The summed E-state index contributed by atoms with van der Waals surface area (Å²) in [6.45, 7) is 10.4. The molecule has 0 amide bonds. The number of esters is 1. The van der Waals surface area contributed by atoms with Crippen LogP contribution in [0, 0.1) is 0 Å². The maximum atomic E-state index is 11.4. The number of methoxy groups -OCH3 is 1. The number of nitrogens with zero attached hydrogens (tertiary/aromatic N) is 3. The van der Waals surface area contributed by atoms with E-state index in [0.29, 0.717) is 0 Å². The van der Waals surface area contributed by atoms with Crippen LogP contribution in [0.15, 0.2) is 0 Å². The van der Waals surface area contributed by atoms with E-state index in [-0.39, 0.29) is 24.0 Å². The maximum absolute atomic E-state index is 11.4. The van der Waals surface area contributed by atoms with Gasteiger partial charge in [-0.25, -0.2) is 4.98 Å². The fraction of sp³-hybridized carbons (Fsp3) is 0.750. The SMILES string of the molecule is COC(=O)CN(c1nc(C(C)(C)C)ns1)C(C)C. The van der Waals surface area contributed by atoms with E-state index in [2.05, 4.69) is 30.1 Å². The van der Waals surface area contributed by atoms with E-state index < -0.39 is 0 Å². The zero-order chi connectivity index (χ0) is 13.9. The van der Waals surface area contributed by atoms with E-state index in [4.69, 9.17) is 4.74 Å². The topological polar surface area (TPSA) is 55.3 Å². The standard InChI is InChI=1S/C12H21N3O2S/c1-8(2)15(7-9(16)17-6)11-13-10(14-18-11)12(3,4)5/h8H,7H2,1-6H3. The monoisotopic (exact) mass is 271 g/mol. The lowest BCUT2D eigenvalue weighted by atomic mass is 9.96. The van der Waals surface area contributed by atoms with Gasteiger partial charge in [0.15, 0.2) is 0 Å². The highest BCUT2D eigenvalue weighted by Crippen LogP contribution is 2.26. The molecule has 1 aromatic rings. The first kappa shape index (κ1) is 14.9. The van der Waals surface area contributed by atoms with Crippen LogP contribution in [0.3, 0.4) is 0 Å². The van der Waals surface area contributed by atoms with Crippen LogP contribution in [0.1, 0.15) is 40.4 Å². The molecule has 0 aliphatic heterocycles. The van der Waals surface area contributed by atoms with Gasteiger partial charge in [-0.2, -0.15) is 4.37 Å². The molecule has 0 unspecified atom stereocenters. The molecule has 6 heteroatoms. The van der Waals surface area contributed by atoms with E-state index >= 15 is 0 Å². The molecule has 0 bridgehead atoms. The first-order valence-electron chi connectivity index (χ1n) is 5.93. The first-order chi connectivity index (χ1) is 8.25. The molecule has 1 rings (SSSR count). The predicted octanol–water partition coefficient (Wildman–Crippen LogP) is 2.22. The minimum absolute atomic E-state index is 0.0807. The van der Waals surface area contributed by atoms with Crippen molar-refractivity contribution in [2.75, 3.05) is 18.6 Å². The minimum Gasteiger partial charge on any atom is -0.468 e. The van der Waals surface area contributed by atoms with E-state index in [0.717, 1.165) is 11.0 Å². The van der Waals surface area contributed by atoms with Crippen LogP contribution in [0.2, 0.25) is 0 Å². The van der Waals surface area contributed by atoms with E-state index in [9.17, 15) is 4.79 Å². The number of hydrogen-bond acceptors (Lipinski definition) is 6. The largest absolute Gasteiger partial charge is 0.468 e. The number of hydrogen-bond donors (Lipinski definition) is 0. The molecular weight excluding hydrogens is 250 g/mol. The molecule has 0 aliphatic carbocycles. The molecule has 0 spiro atoms. The summed E-state index contributed by atoms with van der Waals surface area (Å²) < 4.78 is 9.06. The number of ether oxygens (including phenoxy) is 1. The smallest absolute Gasteiger partial charge is 0.325 e. The van der Waals surface area contributed by atoms with Crippen molar-refractivity contribution in [1.82, 2.24) is 9.36 Å². The molecule has 0 saturated carbocycles. The van der Waals surface area contributed by atoms with Gasteiger partial charge in [0.05, 0.1) is 7.11 Å². The van der Waals surface area contributed by atoms with Crippen molar-refractivity contribution in [3.05, 3.63) is 5.82 Å². The van der Waals surface area contributed by atoms with Gasteiger partial charge in [-0.15, -0.1) is 0 Å². The van der Waals surface area contributed by atoms with Crippen LogP contribution in [0.25, 0.3) is 0 Å². The van der Waals surface area contributed by atoms with Crippen LogP contribution in [-0.2, 0) is 14.9 Å². The van der Waals surface area contributed by atoms with Crippen molar-refractivity contribution in [2.24, 2.45) is 0 Å². The summed E-state index contributed by atoms with van der Waals surface area (Å²) in [4.78, 5) is 17.8. The van der Waals surface area contributed by atoms with Gasteiger partial charge in [0.2, 0.25) is 5.13 Å². The van der Waals surface area contributed by atoms with Gasteiger partial charge in [-0.05, 0) is 13.8 Å². The Bertz CT molecular complexity index is 410. The molecule has 0 aliphatic rings. The van der Waals surface area contributed by atoms with Crippen molar-refractivity contribution in [1.29, 1.82) is 0 Å². The average Bonchev–Trinajstić information content (AvgIpc) is 2.73. The third-order valence-electron chi connectivity index (χ3n) is 2.48. The fourth-order valence-corrected chi connectivity index (χ4v) is 2.30. The van der Waals surface area contributed by atoms with Crippen molar-refractivity contribution >= 4 is 22.6 Å². The molecule has 102 valence electrons. The van der Waals surface area contributed by atoms with Crippen LogP contribution in [0.5, 0.6) is 0 Å². The molecule has 0 saturated heterocycles. The number of carbonyl (C=O) groups is 1. The molecule has 0 radical (unpaired) electrons. The van der Waals surface area contributed by atoms with E-state index in [1.807, 2.05) is 18.7 Å². The average molecular weight is 271 g/mol. The Labute approximate surface area is 112 Å². The summed E-state index contributed by atoms with van der Waals surface area (Å²) in [6.07, 6.45) is 0. The normalized spacial score (nSPS) is 11.7. The Morgan fingerprint density at radius 2 is 2.06 bits per heavy atom. The lowest BCUT2D eigenvalue weighted by Crippen LogP contribution is -2.36. The fourth-order valence-electron chi connectivity index (χ4n) is 1.31. The number of carbonyl (C=O) groups excluding carboxylic acids is 1. The summed E-state index contributed by atoms with van der Waals surface area (Å²) >= 11 is 1.32. The summed E-state index contributed by atoms with van der Waals surface area (Å²) in [5.74, 6) is 0.536. The molecule has 1 heterocycles. The number of anilines is 1. The lowest BCUT2D eigenvalue weighted by molar-refractivity contribution is -0.139. The first-order valence-corrected chi connectivity index (χ1v) is 6.70. The summed E-state index contributed by atoms with van der Waals surface area (Å²) in [5.41, 5.74) is -0.0807. The van der Waals surface area contributed by atoms with Gasteiger partial charge in [-0.3, -0.25) is 4.79 Å². The Morgan fingerprint density at radius 1 is 1.44 bits per heavy atom. The summed E-state index contributed by atoms with van der Waals surface area (Å²) in [6, 6.07) is 0.171. The van der Waals surface area contributed by atoms with E-state index in [1.165, 1.54) is 18.6 Å². The van der Waals surface area contributed by atoms with Crippen molar-refractivity contribution in [2.45, 2.75) is 46.1 Å². The van der Waals surface area contributed by atoms with Gasteiger partial charge in [0.1, 0.15) is 12.4 Å². The molecule has 0 N–H and O–H groups in total. The Kier molecular flexibility index (Phi) is 4.67. The third-order valence-corrected chi connectivity index (χ3v) is 3.24. The molecule has 5 nitrogen and oxygen atoms in total. The zero-order valence-electron chi connectivity index (χ0n) is 11.9. The van der Waals surface area contributed by atoms with Crippen molar-refractivity contribution in [3.8, 4) is 0 Å². The summed E-state index contributed by atoms with van der Waals surface area (Å²) in [5, 5.41) is 0.764. The van der Waals surface area contributed by atoms with Crippen LogP contribution in [0.4, 0.5) is 5.13 Å². The van der Waals surface area contributed by atoms with E-state index in [1.54, 1.807) is 0 Å². The lowest BCUT2D eigenvalue weighted by Gasteiger charge is -2.24. The van der Waals surface area contributed by atoms with Crippen LogP contribution in [-0.4, -0.2) is 35.0 Å². The zero-order valence-corrected chi connectivity index (χ0v) is 12.7. The second kappa shape index (κ2) is 5.65. The highest BCUT2D eigenvalue weighted by atomic mass is 32.1. The minimum atomic E-state index is -0.267. The quantitative estimate of drug-likeness (QED) is 0.786. The third kappa shape index (κ3) is 3.66. The molecule has 0 fully saturated rings. The highest BCUT2D eigenvalue weighted by Gasteiger charge is 2.24. The molecule has 0 aromatic carbocycles.